The van der Waals surface area contributed by atoms with Gasteiger partial charge in [0.05, 0.1) is 11.5 Å². The number of hydrogen-bond acceptors (Lipinski definition) is 7. The number of nitro groups is 1. The number of benzene rings is 2. The van der Waals surface area contributed by atoms with Gasteiger partial charge in [0.25, 0.3) is 5.69 Å². The van der Waals surface area contributed by atoms with Gasteiger partial charge in [-0.2, -0.15) is 4.98 Å². The Morgan fingerprint density at radius 3 is 2.41 bits per heavy atom. The molecule has 0 spiro atoms. The summed E-state index contributed by atoms with van der Waals surface area (Å²) >= 11 is 11.8. The van der Waals surface area contributed by atoms with Gasteiger partial charge in [-0.15, -0.1) is 0 Å². The van der Waals surface area contributed by atoms with E-state index in [9.17, 15) is 10.1 Å². The number of nitrogens with zero attached hydrogens (tertiary/aromatic N) is 5. The molecule has 1 fully saturated rings. The van der Waals surface area contributed by atoms with Gasteiger partial charge < -0.3 is 9.42 Å². The summed E-state index contributed by atoms with van der Waals surface area (Å²) in [5.41, 5.74) is 1.45. The Hall–Kier alpha value is -2.68. The van der Waals surface area contributed by atoms with Crippen molar-refractivity contribution in [2.45, 2.75) is 6.54 Å². The predicted octanol–water partition coefficient (Wildman–Crippen LogP) is 4.27. The van der Waals surface area contributed by atoms with Gasteiger partial charge in [0.1, 0.15) is 5.69 Å². The lowest BCUT2D eigenvalue weighted by atomic mass is 10.2. The summed E-state index contributed by atoms with van der Waals surface area (Å²) in [4.78, 5) is 19.6. The zero-order valence-electron chi connectivity index (χ0n) is 15.3. The molecule has 0 N–H and O–H groups in total. The van der Waals surface area contributed by atoms with Crippen LogP contribution in [0.1, 0.15) is 5.89 Å². The fraction of sp³-hybridized carbons (Fsp3) is 0.263. The van der Waals surface area contributed by atoms with Gasteiger partial charge in [0.2, 0.25) is 11.7 Å². The second-order valence-corrected chi connectivity index (χ2v) is 7.54. The number of piperazine rings is 1. The first-order chi connectivity index (χ1) is 14.0. The highest BCUT2D eigenvalue weighted by atomic mass is 35.5. The molecule has 1 saturated heterocycles. The molecule has 2 aromatic carbocycles. The van der Waals surface area contributed by atoms with E-state index in [1.807, 2.05) is 17.0 Å². The van der Waals surface area contributed by atoms with Crippen molar-refractivity contribution >= 4 is 34.6 Å². The topological polar surface area (TPSA) is 88.5 Å². The Morgan fingerprint density at radius 1 is 1.03 bits per heavy atom. The Kier molecular flexibility index (Phi) is 5.66. The van der Waals surface area contributed by atoms with E-state index in [2.05, 4.69) is 15.0 Å². The van der Waals surface area contributed by atoms with E-state index in [4.69, 9.17) is 27.7 Å². The van der Waals surface area contributed by atoms with Crippen LogP contribution in [0.25, 0.3) is 11.4 Å². The van der Waals surface area contributed by atoms with Crippen LogP contribution in [0.3, 0.4) is 0 Å². The normalized spacial score (nSPS) is 14.9. The molecule has 2 heterocycles. The molecule has 1 aromatic heterocycles. The summed E-state index contributed by atoms with van der Waals surface area (Å²) in [7, 11) is 0. The lowest BCUT2D eigenvalue weighted by Gasteiger charge is -2.35. The van der Waals surface area contributed by atoms with E-state index in [-0.39, 0.29) is 5.69 Å². The zero-order valence-corrected chi connectivity index (χ0v) is 16.8. The molecule has 150 valence electrons. The van der Waals surface area contributed by atoms with E-state index < -0.39 is 4.92 Å². The quantitative estimate of drug-likeness (QED) is 0.438. The number of rotatable bonds is 5. The average molecular weight is 434 g/mol. The van der Waals surface area contributed by atoms with Crippen molar-refractivity contribution in [3.8, 4) is 11.4 Å². The predicted molar refractivity (Wildman–Crippen MR) is 110 cm³/mol. The SMILES string of the molecule is O=[N+]([O-])c1cc(Cl)ccc1N1CCN(Cc2nc(-c3ccc(Cl)cc3)no2)CC1. The standard InChI is InChI=1S/C19H17Cl2N5O3/c20-14-3-1-13(2-4-14)19-22-18(29-23-19)12-24-7-9-25(10-8-24)16-6-5-15(21)11-17(16)26(27)28/h1-6,11H,7-10,12H2. The van der Waals surface area contributed by atoms with Crippen molar-refractivity contribution in [1.29, 1.82) is 0 Å². The van der Waals surface area contributed by atoms with Gasteiger partial charge in [-0.05, 0) is 36.4 Å². The molecule has 0 atom stereocenters. The Morgan fingerprint density at radius 2 is 1.72 bits per heavy atom. The maximum Gasteiger partial charge on any atom is 0.294 e. The highest BCUT2D eigenvalue weighted by molar-refractivity contribution is 6.31. The Labute approximate surface area is 176 Å². The van der Waals surface area contributed by atoms with Crippen molar-refractivity contribution in [3.63, 3.8) is 0 Å². The molecule has 10 heteroatoms. The maximum absolute atomic E-state index is 11.3. The first-order valence-corrected chi connectivity index (χ1v) is 9.75. The van der Waals surface area contributed by atoms with Gasteiger partial charge in [0, 0.05) is 47.9 Å². The number of halogens is 2. The smallest absolute Gasteiger partial charge is 0.294 e. The van der Waals surface area contributed by atoms with E-state index in [1.165, 1.54) is 6.07 Å². The van der Waals surface area contributed by atoms with Gasteiger partial charge >= 0.3 is 0 Å². The largest absolute Gasteiger partial charge is 0.363 e. The molecule has 0 bridgehead atoms. The van der Waals surface area contributed by atoms with Crippen molar-refractivity contribution in [2.75, 3.05) is 31.1 Å². The zero-order chi connectivity index (χ0) is 20.4. The lowest BCUT2D eigenvalue weighted by molar-refractivity contribution is -0.384. The monoisotopic (exact) mass is 433 g/mol. The minimum Gasteiger partial charge on any atom is -0.363 e. The Bertz CT molecular complexity index is 1020. The van der Waals surface area contributed by atoms with Crippen LogP contribution < -0.4 is 4.90 Å². The van der Waals surface area contributed by atoms with Gasteiger partial charge in [-0.3, -0.25) is 15.0 Å². The maximum atomic E-state index is 11.3. The number of aromatic nitrogens is 2. The van der Waals surface area contributed by atoms with Crippen LogP contribution in [0.2, 0.25) is 10.0 Å². The van der Waals surface area contributed by atoms with Crippen LogP contribution in [0.4, 0.5) is 11.4 Å². The van der Waals surface area contributed by atoms with E-state index in [0.29, 0.717) is 47.1 Å². The molecular formula is C19H17Cl2N5O3. The van der Waals surface area contributed by atoms with E-state index in [0.717, 1.165) is 18.7 Å². The molecule has 3 aromatic rings. The van der Waals surface area contributed by atoms with Crippen LogP contribution in [-0.4, -0.2) is 46.1 Å². The average Bonchev–Trinajstić information content (AvgIpc) is 3.17. The summed E-state index contributed by atoms with van der Waals surface area (Å²) < 4.78 is 5.37. The summed E-state index contributed by atoms with van der Waals surface area (Å²) in [5, 5.41) is 16.4. The minimum atomic E-state index is -0.398. The number of nitro benzene ring substituents is 1. The summed E-state index contributed by atoms with van der Waals surface area (Å²) in [6, 6.07) is 12.0. The van der Waals surface area contributed by atoms with Gasteiger partial charge in [-0.1, -0.05) is 28.4 Å². The molecule has 0 radical (unpaired) electrons. The third-order valence-corrected chi connectivity index (χ3v) is 5.26. The third kappa shape index (κ3) is 4.50. The van der Waals surface area contributed by atoms with Crippen LogP contribution in [-0.2, 0) is 6.54 Å². The molecular weight excluding hydrogens is 417 g/mol. The first kappa shape index (κ1) is 19.6. The highest BCUT2D eigenvalue weighted by Crippen LogP contribution is 2.31. The molecule has 1 aliphatic heterocycles. The first-order valence-electron chi connectivity index (χ1n) is 8.99. The number of anilines is 1. The summed E-state index contributed by atoms with van der Waals surface area (Å²) in [6.07, 6.45) is 0. The number of hydrogen-bond donors (Lipinski definition) is 0. The van der Waals surface area contributed by atoms with Crippen molar-refractivity contribution in [2.24, 2.45) is 0 Å². The Balaban J connectivity index is 1.39. The van der Waals surface area contributed by atoms with Crippen molar-refractivity contribution in [1.82, 2.24) is 15.0 Å². The van der Waals surface area contributed by atoms with Gasteiger partial charge in [-0.25, -0.2) is 0 Å². The molecule has 29 heavy (non-hydrogen) atoms. The van der Waals surface area contributed by atoms with Crippen LogP contribution in [0.5, 0.6) is 0 Å². The van der Waals surface area contributed by atoms with Crippen LogP contribution in [0.15, 0.2) is 47.0 Å². The molecule has 4 rings (SSSR count). The van der Waals surface area contributed by atoms with E-state index >= 15 is 0 Å². The molecule has 0 amide bonds. The second kappa shape index (κ2) is 8.36. The molecule has 8 nitrogen and oxygen atoms in total. The van der Waals surface area contributed by atoms with Crippen molar-refractivity contribution in [3.05, 3.63) is 68.5 Å². The fourth-order valence-corrected chi connectivity index (χ4v) is 3.58. The fourth-order valence-electron chi connectivity index (χ4n) is 3.28. The molecule has 0 saturated carbocycles. The van der Waals surface area contributed by atoms with Gasteiger partial charge in [0.15, 0.2) is 0 Å². The third-order valence-electron chi connectivity index (χ3n) is 4.78. The second-order valence-electron chi connectivity index (χ2n) is 6.67. The molecule has 0 aliphatic carbocycles. The highest BCUT2D eigenvalue weighted by Gasteiger charge is 2.25. The van der Waals surface area contributed by atoms with E-state index in [1.54, 1.807) is 24.3 Å². The molecule has 1 aliphatic rings. The lowest BCUT2D eigenvalue weighted by Crippen LogP contribution is -2.46. The summed E-state index contributed by atoms with van der Waals surface area (Å²) in [5.74, 6) is 1.05. The van der Waals surface area contributed by atoms with Crippen molar-refractivity contribution < 1.29 is 9.45 Å². The molecule has 0 unspecified atom stereocenters. The van der Waals surface area contributed by atoms with Crippen LogP contribution >= 0.6 is 23.2 Å². The summed E-state index contributed by atoms with van der Waals surface area (Å²) in [6.45, 7) is 3.27. The minimum absolute atomic E-state index is 0.0236. The van der Waals surface area contributed by atoms with Crippen LogP contribution in [0, 0.1) is 10.1 Å².